The summed E-state index contributed by atoms with van der Waals surface area (Å²) in [4.78, 5) is 11.2. The predicted octanol–water partition coefficient (Wildman–Crippen LogP) is 3.14. The van der Waals surface area contributed by atoms with Crippen molar-refractivity contribution in [3.63, 3.8) is 0 Å². The van der Waals surface area contributed by atoms with E-state index in [4.69, 9.17) is 15.2 Å². The summed E-state index contributed by atoms with van der Waals surface area (Å²) in [5, 5.41) is 0. The van der Waals surface area contributed by atoms with Crippen LogP contribution >= 0.6 is 15.9 Å². The van der Waals surface area contributed by atoms with Crippen molar-refractivity contribution in [2.75, 3.05) is 7.11 Å². The van der Waals surface area contributed by atoms with Gasteiger partial charge in [0.1, 0.15) is 18.1 Å². The third-order valence-electron chi connectivity index (χ3n) is 2.73. The first-order valence-electron chi connectivity index (χ1n) is 5.95. The Bertz CT molecular complexity index is 628. The molecule has 2 aromatic rings. The third kappa shape index (κ3) is 3.51. The number of hydrogen-bond donors (Lipinski definition) is 1. The maximum absolute atomic E-state index is 11.2. The normalized spacial score (nSPS) is 10.1. The van der Waals surface area contributed by atoms with Crippen molar-refractivity contribution in [3.05, 3.63) is 58.1 Å². The van der Waals surface area contributed by atoms with Gasteiger partial charge in [-0.25, -0.2) is 0 Å². The van der Waals surface area contributed by atoms with Gasteiger partial charge in [0.15, 0.2) is 0 Å². The van der Waals surface area contributed by atoms with Gasteiger partial charge in [0.2, 0.25) is 0 Å². The predicted molar refractivity (Wildman–Crippen MR) is 80.0 cm³/mol. The number of ether oxygens (including phenoxy) is 2. The molecule has 0 unspecified atom stereocenters. The van der Waals surface area contributed by atoms with Gasteiger partial charge in [-0.05, 0) is 29.8 Å². The van der Waals surface area contributed by atoms with E-state index in [-0.39, 0.29) is 0 Å². The highest BCUT2D eigenvalue weighted by atomic mass is 79.9. The fourth-order valence-corrected chi connectivity index (χ4v) is 2.20. The molecule has 0 aromatic heterocycles. The van der Waals surface area contributed by atoms with Crippen LogP contribution in [-0.4, -0.2) is 13.0 Å². The summed E-state index contributed by atoms with van der Waals surface area (Å²) in [5.74, 6) is 0.497. The molecule has 2 rings (SSSR count). The molecule has 4 nitrogen and oxygen atoms in total. The Kier molecular flexibility index (Phi) is 4.63. The topological polar surface area (TPSA) is 61.6 Å². The van der Waals surface area contributed by atoms with Gasteiger partial charge < -0.3 is 15.2 Å². The molecule has 5 heteroatoms. The van der Waals surface area contributed by atoms with E-state index in [2.05, 4.69) is 15.9 Å². The molecule has 0 aliphatic carbocycles. The number of methoxy groups -OCH3 is 1. The Morgan fingerprint density at radius 1 is 1.25 bits per heavy atom. The molecule has 20 heavy (non-hydrogen) atoms. The van der Waals surface area contributed by atoms with E-state index in [1.54, 1.807) is 18.2 Å². The Labute approximate surface area is 125 Å². The van der Waals surface area contributed by atoms with Crippen LogP contribution < -0.4 is 15.2 Å². The first-order valence-corrected chi connectivity index (χ1v) is 6.74. The van der Waals surface area contributed by atoms with Crippen LogP contribution in [0, 0.1) is 0 Å². The number of rotatable bonds is 5. The van der Waals surface area contributed by atoms with Gasteiger partial charge in [0.25, 0.3) is 5.91 Å². The van der Waals surface area contributed by atoms with E-state index in [1.165, 1.54) is 7.11 Å². The number of primary amides is 1. The summed E-state index contributed by atoms with van der Waals surface area (Å²) in [6, 6.07) is 12.8. The van der Waals surface area contributed by atoms with Crippen molar-refractivity contribution in [2.24, 2.45) is 5.73 Å². The van der Waals surface area contributed by atoms with E-state index >= 15 is 0 Å². The minimum absolute atomic E-state index is 0.335. The average Bonchev–Trinajstić information content (AvgIpc) is 2.44. The second kappa shape index (κ2) is 6.43. The first-order chi connectivity index (χ1) is 9.60. The van der Waals surface area contributed by atoms with Crippen LogP contribution in [0.25, 0.3) is 0 Å². The van der Waals surface area contributed by atoms with E-state index < -0.39 is 5.91 Å². The smallest absolute Gasteiger partial charge is 0.252 e. The van der Waals surface area contributed by atoms with E-state index in [0.717, 1.165) is 10.0 Å². The lowest BCUT2D eigenvalue weighted by atomic mass is 10.2. The number of hydrogen-bond acceptors (Lipinski definition) is 3. The molecule has 104 valence electrons. The van der Waals surface area contributed by atoms with Crippen LogP contribution in [0.3, 0.4) is 0 Å². The van der Waals surface area contributed by atoms with Crippen LogP contribution in [0.2, 0.25) is 0 Å². The largest absolute Gasteiger partial charge is 0.496 e. The lowest BCUT2D eigenvalue weighted by Crippen LogP contribution is -2.12. The van der Waals surface area contributed by atoms with E-state index in [0.29, 0.717) is 23.7 Å². The zero-order valence-corrected chi connectivity index (χ0v) is 12.5. The molecule has 1 amide bonds. The van der Waals surface area contributed by atoms with Gasteiger partial charge in [-0.15, -0.1) is 0 Å². The number of carbonyl (C=O) groups is 1. The third-order valence-corrected chi connectivity index (χ3v) is 3.23. The number of amides is 1. The molecule has 0 bridgehead atoms. The zero-order chi connectivity index (χ0) is 14.5. The standard InChI is InChI=1S/C15H14BrNO3/c1-19-14-8-12(5-6-13(14)15(17)18)20-9-10-3-2-4-11(16)7-10/h2-8H,9H2,1H3,(H2,17,18). The molecule has 0 spiro atoms. The van der Waals surface area contributed by atoms with E-state index in [1.807, 2.05) is 24.3 Å². The minimum Gasteiger partial charge on any atom is -0.496 e. The van der Waals surface area contributed by atoms with E-state index in [9.17, 15) is 4.79 Å². The average molecular weight is 336 g/mol. The summed E-state index contributed by atoms with van der Waals surface area (Å²) < 4.78 is 11.8. The highest BCUT2D eigenvalue weighted by molar-refractivity contribution is 9.10. The van der Waals surface area contributed by atoms with Crippen LogP contribution in [0.15, 0.2) is 46.9 Å². The van der Waals surface area contributed by atoms with Crippen LogP contribution in [-0.2, 0) is 6.61 Å². The Morgan fingerprint density at radius 3 is 2.70 bits per heavy atom. The van der Waals surface area contributed by atoms with Crippen molar-refractivity contribution in [3.8, 4) is 11.5 Å². The molecule has 0 saturated heterocycles. The quantitative estimate of drug-likeness (QED) is 0.912. The molecule has 0 aliphatic heterocycles. The van der Waals surface area contributed by atoms with Crippen LogP contribution in [0.4, 0.5) is 0 Å². The maximum Gasteiger partial charge on any atom is 0.252 e. The van der Waals surface area contributed by atoms with Gasteiger partial charge >= 0.3 is 0 Å². The molecular weight excluding hydrogens is 322 g/mol. The lowest BCUT2D eigenvalue weighted by Gasteiger charge is -2.10. The highest BCUT2D eigenvalue weighted by Gasteiger charge is 2.10. The summed E-state index contributed by atoms with van der Waals surface area (Å²) in [5.41, 5.74) is 6.63. The van der Waals surface area contributed by atoms with Crippen LogP contribution in [0.1, 0.15) is 15.9 Å². The molecule has 0 fully saturated rings. The van der Waals surface area contributed by atoms with Gasteiger partial charge in [-0.2, -0.15) is 0 Å². The number of nitrogens with two attached hydrogens (primary N) is 1. The number of benzene rings is 2. The highest BCUT2D eigenvalue weighted by Crippen LogP contribution is 2.25. The van der Waals surface area contributed by atoms with Crippen molar-refractivity contribution in [1.82, 2.24) is 0 Å². The molecule has 2 N–H and O–H groups in total. The maximum atomic E-state index is 11.2. The second-order valence-electron chi connectivity index (χ2n) is 4.14. The molecule has 0 atom stereocenters. The van der Waals surface area contributed by atoms with Gasteiger partial charge in [0, 0.05) is 10.5 Å². The summed E-state index contributed by atoms with van der Waals surface area (Å²) in [6.45, 7) is 0.429. The molecule has 2 aromatic carbocycles. The first kappa shape index (κ1) is 14.4. The summed E-state index contributed by atoms with van der Waals surface area (Å²) in [7, 11) is 1.49. The summed E-state index contributed by atoms with van der Waals surface area (Å²) in [6.07, 6.45) is 0. The monoisotopic (exact) mass is 335 g/mol. The molecule has 0 radical (unpaired) electrons. The van der Waals surface area contributed by atoms with Crippen LogP contribution in [0.5, 0.6) is 11.5 Å². The van der Waals surface area contributed by atoms with Crippen molar-refractivity contribution in [1.29, 1.82) is 0 Å². The summed E-state index contributed by atoms with van der Waals surface area (Å²) >= 11 is 3.41. The lowest BCUT2D eigenvalue weighted by molar-refractivity contribution is 0.0997. The fraction of sp³-hybridized carbons (Fsp3) is 0.133. The van der Waals surface area contributed by atoms with Gasteiger partial charge in [-0.1, -0.05) is 28.1 Å². The molecule has 0 aliphatic rings. The fourth-order valence-electron chi connectivity index (χ4n) is 1.76. The van der Waals surface area contributed by atoms with Gasteiger partial charge in [-0.3, -0.25) is 4.79 Å². The number of halogens is 1. The Balaban J connectivity index is 2.12. The minimum atomic E-state index is -0.527. The second-order valence-corrected chi connectivity index (χ2v) is 5.06. The Hall–Kier alpha value is -2.01. The van der Waals surface area contributed by atoms with Gasteiger partial charge in [0.05, 0.1) is 12.7 Å². The SMILES string of the molecule is COc1cc(OCc2cccc(Br)c2)ccc1C(N)=O. The zero-order valence-electron chi connectivity index (χ0n) is 10.9. The van der Waals surface area contributed by atoms with Crippen molar-refractivity contribution in [2.45, 2.75) is 6.61 Å². The van der Waals surface area contributed by atoms with Crippen molar-refractivity contribution >= 4 is 21.8 Å². The molecular formula is C15H14BrNO3. The molecule has 0 heterocycles. The number of carbonyl (C=O) groups excluding carboxylic acids is 1. The Morgan fingerprint density at radius 2 is 2.05 bits per heavy atom. The van der Waals surface area contributed by atoms with Crippen molar-refractivity contribution < 1.29 is 14.3 Å². The molecule has 0 saturated carbocycles.